The van der Waals surface area contributed by atoms with Crippen LogP contribution in [0.2, 0.25) is 0 Å². The van der Waals surface area contributed by atoms with Gasteiger partial charge < -0.3 is 14.6 Å². The van der Waals surface area contributed by atoms with E-state index in [4.69, 9.17) is 9.26 Å². The van der Waals surface area contributed by atoms with Gasteiger partial charge in [0.15, 0.2) is 0 Å². The first kappa shape index (κ1) is 18.6. The highest BCUT2D eigenvalue weighted by Gasteiger charge is 2.17. The van der Waals surface area contributed by atoms with E-state index in [2.05, 4.69) is 27.6 Å². The number of ether oxygens (including phenoxy) is 1. The zero-order chi connectivity index (χ0) is 19.2. The number of benzene rings is 1. The summed E-state index contributed by atoms with van der Waals surface area (Å²) in [5, 5.41) is 8.15. The van der Waals surface area contributed by atoms with Crippen LogP contribution in [0.15, 0.2) is 47.1 Å². The van der Waals surface area contributed by atoms with Crippen molar-refractivity contribution in [3.8, 4) is 0 Å². The van der Waals surface area contributed by atoms with Crippen molar-refractivity contribution < 1.29 is 14.1 Å². The van der Waals surface area contributed by atoms with Gasteiger partial charge in [0, 0.05) is 43.1 Å². The molecule has 146 valence electrons. The number of nitrogens with zero attached hydrogens (tertiary/aromatic N) is 2. The van der Waals surface area contributed by atoms with Crippen LogP contribution in [0.1, 0.15) is 29.9 Å². The minimum absolute atomic E-state index is 0.0195. The molecule has 1 N–H and O–H groups in total. The largest absolute Gasteiger partial charge is 0.381 e. The lowest BCUT2D eigenvalue weighted by molar-refractivity contribution is -0.120. The van der Waals surface area contributed by atoms with E-state index in [1.807, 2.05) is 30.5 Å². The van der Waals surface area contributed by atoms with Gasteiger partial charge in [0.25, 0.3) is 0 Å². The van der Waals surface area contributed by atoms with Crippen molar-refractivity contribution in [3.05, 3.63) is 59.6 Å². The molecule has 1 aromatic carbocycles. The molecule has 1 amide bonds. The van der Waals surface area contributed by atoms with Crippen molar-refractivity contribution in [2.75, 3.05) is 19.8 Å². The third-order valence-corrected chi connectivity index (χ3v) is 5.10. The van der Waals surface area contributed by atoms with Crippen molar-refractivity contribution >= 4 is 16.8 Å². The average molecular weight is 379 g/mol. The van der Waals surface area contributed by atoms with Gasteiger partial charge in [-0.25, -0.2) is 0 Å². The molecule has 3 heterocycles. The number of aromatic nitrogens is 2. The Hall–Kier alpha value is -2.73. The average Bonchev–Trinajstić information content (AvgIpc) is 3.38. The van der Waals surface area contributed by atoms with Gasteiger partial charge in [-0.3, -0.25) is 9.78 Å². The number of carbonyl (C=O) groups is 1. The summed E-state index contributed by atoms with van der Waals surface area (Å²) in [6.07, 6.45) is 5.88. The van der Waals surface area contributed by atoms with E-state index >= 15 is 0 Å². The van der Waals surface area contributed by atoms with Crippen LogP contribution >= 0.6 is 0 Å². The molecule has 28 heavy (non-hydrogen) atoms. The number of amides is 1. The molecule has 0 radical (unpaired) electrons. The van der Waals surface area contributed by atoms with Crippen LogP contribution in [0, 0.1) is 5.92 Å². The minimum atomic E-state index is -0.0195. The second-order valence-corrected chi connectivity index (χ2v) is 7.38. The van der Waals surface area contributed by atoms with Gasteiger partial charge in [0.2, 0.25) is 5.91 Å². The van der Waals surface area contributed by atoms with Crippen molar-refractivity contribution in [2.24, 2.45) is 5.92 Å². The lowest BCUT2D eigenvalue weighted by Gasteiger charge is -2.08. The fraction of sp³-hybridized carbons (Fsp3) is 0.409. The Morgan fingerprint density at radius 3 is 3.04 bits per heavy atom. The number of hydrogen-bond donors (Lipinski definition) is 1. The minimum Gasteiger partial charge on any atom is -0.381 e. The first-order chi connectivity index (χ1) is 13.8. The van der Waals surface area contributed by atoms with Crippen LogP contribution in [-0.2, 0) is 28.8 Å². The molecule has 0 aliphatic carbocycles. The summed E-state index contributed by atoms with van der Waals surface area (Å²) in [5.74, 6) is 1.23. The van der Waals surface area contributed by atoms with Crippen LogP contribution in [0.3, 0.4) is 0 Å². The topological polar surface area (TPSA) is 77.2 Å². The molecule has 0 bridgehead atoms. The van der Waals surface area contributed by atoms with Crippen LogP contribution in [0.4, 0.5) is 0 Å². The van der Waals surface area contributed by atoms with Crippen molar-refractivity contribution in [1.82, 2.24) is 15.5 Å². The number of hydrogen-bond acceptors (Lipinski definition) is 5. The van der Waals surface area contributed by atoms with E-state index in [-0.39, 0.29) is 12.3 Å². The first-order valence-corrected chi connectivity index (χ1v) is 9.89. The number of fused-ring (bicyclic) bond motifs is 1. The maximum Gasteiger partial charge on any atom is 0.226 e. The lowest BCUT2D eigenvalue weighted by atomic mass is 10.1. The second-order valence-electron chi connectivity index (χ2n) is 7.38. The van der Waals surface area contributed by atoms with E-state index in [1.165, 1.54) is 5.56 Å². The van der Waals surface area contributed by atoms with E-state index in [0.29, 0.717) is 18.2 Å². The Kier molecular flexibility index (Phi) is 5.97. The van der Waals surface area contributed by atoms with Crippen molar-refractivity contribution in [3.63, 3.8) is 0 Å². The molecule has 0 spiro atoms. The number of nitrogens with one attached hydrogen (secondary N) is 1. The molecule has 1 aliphatic rings. The Bertz CT molecular complexity index is 931. The Labute approximate surface area is 164 Å². The van der Waals surface area contributed by atoms with E-state index in [0.717, 1.165) is 55.6 Å². The number of pyridine rings is 1. The predicted octanol–water partition coefficient (Wildman–Crippen LogP) is 3.09. The summed E-state index contributed by atoms with van der Waals surface area (Å²) in [5.41, 5.74) is 2.92. The van der Waals surface area contributed by atoms with Crippen molar-refractivity contribution in [1.29, 1.82) is 0 Å². The van der Waals surface area contributed by atoms with Gasteiger partial charge in [-0.1, -0.05) is 23.4 Å². The zero-order valence-corrected chi connectivity index (χ0v) is 15.9. The summed E-state index contributed by atoms with van der Waals surface area (Å²) in [6.45, 7) is 2.20. The molecule has 1 aliphatic heterocycles. The maximum atomic E-state index is 12.0. The molecule has 1 saturated heterocycles. The predicted molar refractivity (Wildman–Crippen MR) is 106 cm³/mol. The number of carbonyl (C=O) groups excluding carboxylic acids is 1. The lowest BCUT2D eigenvalue weighted by Crippen LogP contribution is -2.30. The molecule has 1 unspecified atom stereocenters. The highest BCUT2D eigenvalue weighted by molar-refractivity contribution is 5.79. The van der Waals surface area contributed by atoms with E-state index < -0.39 is 0 Å². The van der Waals surface area contributed by atoms with Crippen LogP contribution in [-0.4, -0.2) is 35.8 Å². The maximum absolute atomic E-state index is 12.0. The van der Waals surface area contributed by atoms with E-state index in [9.17, 15) is 4.79 Å². The summed E-state index contributed by atoms with van der Waals surface area (Å²) in [7, 11) is 0. The quantitative estimate of drug-likeness (QED) is 0.651. The number of aryl methyl sites for hydroxylation is 2. The molecule has 6 nitrogen and oxygen atoms in total. The highest BCUT2D eigenvalue weighted by atomic mass is 16.5. The van der Waals surface area contributed by atoms with Crippen LogP contribution in [0.5, 0.6) is 0 Å². The normalized spacial score (nSPS) is 16.5. The molecule has 1 atom stereocenters. The van der Waals surface area contributed by atoms with Gasteiger partial charge in [0.05, 0.1) is 24.2 Å². The summed E-state index contributed by atoms with van der Waals surface area (Å²) < 4.78 is 10.7. The van der Waals surface area contributed by atoms with E-state index in [1.54, 1.807) is 0 Å². The zero-order valence-electron chi connectivity index (χ0n) is 15.9. The van der Waals surface area contributed by atoms with Gasteiger partial charge in [-0.2, -0.15) is 0 Å². The standard InChI is InChI=1S/C22H25N3O3/c26-22(24-14-17-8-9-27-15-17)12-19-11-20(28-25-19)6-3-4-16-10-18-5-1-2-7-21(18)23-13-16/h1-2,5,7,10-11,13,17H,3-4,6,8-9,12,14-15H2,(H,24,26). The van der Waals surface area contributed by atoms with Crippen LogP contribution < -0.4 is 5.32 Å². The third-order valence-electron chi connectivity index (χ3n) is 5.10. The molecule has 3 aromatic rings. The Balaban J connectivity index is 1.22. The van der Waals surface area contributed by atoms with Gasteiger partial charge in [0.1, 0.15) is 5.76 Å². The summed E-state index contributed by atoms with van der Waals surface area (Å²) >= 11 is 0. The monoisotopic (exact) mass is 379 g/mol. The van der Waals surface area contributed by atoms with Gasteiger partial charge in [-0.15, -0.1) is 0 Å². The van der Waals surface area contributed by atoms with Gasteiger partial charge >= 0.3 is 0 Å². The first-order valence-electron chi connectivity index (χ1n) is 9.89. The summed E-state index contributed by atoms with van der Waals surface area (Å²) in [6, 6.07) is 12.2. The fourth-order valence-electron chi connectivity index (χ4n) is 3.51. The molecular formula is C22H25N3O3. The molecule has 1 fully saturated rings. The molecule has 6 heteroatoms. The fourth-order valence-corrected chi connectivity index (χ4v) is 3.51. The Morgan fingerprint density at radius 1 is 1.21 bits per heavy atom. The third kappa shape index (κ3) is 4.95. The molecule has 4 rings (SSSR count). The number of para-hydroxylation sites is 1. The highest BCUT2D eigenvalue weighted by Crippen LogP contribution is 2.15. The van der Waals surface area contributed by atoms with Crippen molar-refractivity contribution in [2.45, 2.75) is 32.1 Å². The van der Waals surface area contributed by atoms with Crippen LogP contribution in [0.25, 0.3) is 10.9 Å². The Morgan fingerprint density at radius 2 is 2.14 bits per heavy atom. The van der Waals surface area contributed by atoms with Gasteiger partial charge in [-0.05, 0) is 37.0 Å². The molecular weight excluding hydrogens is 354 g/mol. The SMILES string of the molecule is O=C(Cc1cc(CCCc2cnc3ccccc3c2)on1)NCC1CCOC1. The second kappa shape index (κ2) is 8.97. The smallest absolute Gasteiger partial charge is 0.226 e. The molecule has 0 saturated carbocycles. The number of rotatable bonds is 8. The summed E-state index contributed by atoms with van der Waals surface area (Å²) in [4.78, 5) is 16.5. The molecule has 2 aromatic heterocycles.